The van der Waals surface area contributed by atoms with Crippen LogP contribution in [0.2, 0.25) is 0 Å². The maximum Gasteiger partial charge on any atom is 0.308 e. The minimum atomic E-state index is -3.79. The Bertz CT molecular complexity index is 1270. The van der Waals surface area contributed by atoms with Gasteiger partial charge in [-0.05, 0) is 56.0 Å². The van der Waals surface area contributed by atoms with Crippen molar-refractivity contribution < 1.29 is 13.2 Å². The van der Waals surface area contributed by atoms with E-state index in [1.807, 2.05) is 24.0 Å². The fraction of sp³-hybridized carbons (Fsp3) is 0.364. The maximum absolute atomic E-state index is 12.8. The van der Waals surface area contributed by atoms with Crippen LogP contribution in [-0.2, 0) is 21.4 Å². The summed E-state index contributed by atoms with van der Waals surface area (Å²) < 4.78 is 30.4. The molecule has 1 aliphatic rings. The summed E-state index contributed by atoms with van der Waals surface area (Å²) in [4.78, 5) is 26.7. The molecule has 1 aromatic heterocycles. The lowest BCUT2D eigenvalue weighted by atomic mass is 10.1. The van der Waals surface area contributed by atoms with Gasteiger partial charge in [0.2, 0.25) is 5.91 Å². The summed E-state index contributed by atoms with van der Waals surface area (Å²) in [6.07, 6.45) is 3.48. The van der Waals surface area contributed by atoms with E-state index in [9.17, 15) is 18.0 Å². The molecule has 164 valence electrons. The number of aromatic nitrogens is 1. The summed E-state index contributed by atoms with van der Waals surface area (Å²) in [5.74, 6) is 0.0626. The number of likely N-dealkylation sites (tertiary alicyclic amines) is 1. The third-order valence-electron chi connectivity index (χ3n) is 5.60. The van der Waals surface area contributed by atoms with Crippen LogP contribution in [0.1, 0.15) is 31.2 Å². The highest BCUT2D eigenvalue weighted by atomic mass is 32.2. The average molecular weight is 460 g/mol. The number of para-hydroxylation sites is 1. The standard InChI is InChI=1S/C22H25N3O4S2/c1-16-7-3-4-8-18(16)23-31(28,29)17-9-10-19-20(15-17)30-22(27)25(19)14-11-21(26)24-12-5-2-6-13-24/h3-4,7-10,15,23H,2,5-6,11-14H2,1H3. The Kier molecular flexibility index (Phi) is 6.15. The van der Waals surface area contributed by atoms with Crippen LogP contribution in [0.5, 0.6) is 0 Å². The van der Waals surface area contributed by atoms with Crippen molar-refractivity contribution in [2.45, 2.75) is 44.0 Å². The lowest BCUT2D eigenvalue weighted by molar-refractivity contribution is -0.132. The molecule has 1 saturated heterocycles. The Balaban J connectivity index is 1.54. The topological polar surface area (TPSA) is 88.5 Å². The first kappa shape index (κ1) is 21.6. The van der Waals surface area contributed by atoms with Gasteiger partial charge in [0.15, 0.2) is 0 Å². The molecule has 9 heteroatoms. The molecule has 0 saturated carbocycles. The highest BCUT2D eigenvalue weighted by Crippen LogP contribution is 2.25. The predicted octanol–water partition coefficient (Wildman–Crippen LogP) is 3.57. The van der Waals surface area contributed by atoms with E-state index in [-0.39, 0.29) is 22.1 Å². The number of fused-ring (bicyclic) bond motifs is 1. The van der Waals surface area contributed by atoms with Crippen LogP contribution in [0, 0.1) is 6.92 Å². The number of thiazole rings is 1. The summed E-state index contributed by atoms with van der Waals surface area (Å²) in [6.45, 7) is 3.69. The fourth-order valence-electron chi connectivity index (χ4n) is 3.83. The summed E-state index contributed by atoms with van der Waals surface area (Å²) in [7, 11) is -3.79. The van der Waals surface area contributed by atoms with Crippen molar-refractivity contribution in [2.75, 3.05) is 17.8 Å². The molecular weight excluding hydrogens is 434 g/mol. The summed E-state index contributed by atoms with van der Waals surface area (Å²) in [5.41, 5.74) is 1.99. The molecule has 0 atom stereocenters. The number of hydrogen-bond donors (Lipinski definition) is 1. The number of anilines is 1. The van der Waals surface area contributed by atoms with E-state index < -0.39 is 10.0 Å². The van der Waals surface area contributed by atoms with E-state index >= 15 is 0 Å². The van der Waals surface area contributed by atoms with Gasteiger partial charge in [-0.2, -0.15) is 0 Å². The molecule has 0 bridgehead atoms. The minimum absolute atomic E-state index is 0.0626. The summed E-state index contributed by atoms with van der Waals surface area (Å²) >= 11 is 0.996. The Hall–Kier alpha value is -2.65. The molecular formula is C22H25N3O4S2. The van der Waals surface area contributed by atoms with Crippen molar-refractivity contribution >= 4 is 43.2 Å². The van der Waals surface area contributed by atoms with Crippen LogP contribution in [0.15, 0.2) is 52.2 Å². The molecule has 2 aromatic carbocycles. The van der Waals surface area contributed by atoms with Crippen LogP contribution < -0.4 is 9.60 Å². The highest BCUT2D eigenvalue weighted by molar-refractivity contribution is 7.92. The van der Waals surface area contributed by atoms with Gasteiger partial charge >= 0.3 is 4.87 Å². The Morgan fingerprint density at radius 2 is 1.84 bits per heavy atom. The van der Waals surface area contributed by atoms with Gasteiger partial charge in [0.25, 0.3) is 10.0 Å². The number of rotatable bonds is 6. The van der Waals surface area contributed by atoms with E-state index in [1.165, 1.54) is 12.1 Å². The van der Waals surface area contributed by atoms with E-state index in [4.69, 9.17) is 0 Å². The number of nitrogens with zero attached hydrogens (tertiary/aromatic N) is 2. The average Bonchev–Trinajstić information content (AvgIpc) is 3.08. The van der Waals surface area contributed by atoms with Crippen molar-refractivity contribution in [3.63, 3.8) is 0 Å². The molecule has 0 unspecified atom stereocenters. The number of piperidine rings is 1. The smallest absolute Gasteiger partial charge is 0.308 e. The van der Waals surface area contributed by atoms with Gasteiger partial charge in [-0.1, -0.05) is 29.5 Å². The quantitative estimate of drug-likeness (QED) is 0.610. The van der Waals surface area contributed by atoms with Gasteiger partial charge < -0.3 is 4.90 Å². The molecule has 7 nitrogen and oxygen atoms in total. The van der Waals surface area contributed by atoms with Crippen LogP contribution in [0.25, 0.3) is 10.2 Å². The molecule has 0 aliphatic carbocycles. The van der Waals surface area contributed by atoms with Crippen LogP contribution in [-0.4, -0.2) is 36.9 Å². The predicted molar refractivity (Wildman–Crippen MR) is 123 cm³/mol. The third-order valence-corrected chi connectivity index (χ3v) is 7.90. The number of hydrogen-bond acceptors (Lipinski definition) is 5. The van der Waals surface area contributed by atoms with E-state index in [2.05, 4.69) is 4.72 Å². The molecule has 1 amide bonds. The minimum Gasteiger partial charge on any atom is -0.343 e. The number of aryl methyl sites for hydroxylation is 2. The van der Waals surface area contributed by atoms with Gasteiger partial charge in [0.05, 0.1) is 20.8 Å². The van der Waals surface area contributed by atoms with E-state index in [1.54, 1.807) is 22.8 Å². The SMILES string of the molecule is Cc1ccccc1NS(=O)(=O)c1ccc2c(c1)sc(=O)n2CCC(=O)N1CCCCC1. The second-order valence-corrected chi connectivity index (χ2v) is 10.4. The lowest BCUT2D eigenvalue weighted by Gasteiger charge is -2.26. The Labute approximate surface area is 185 Å². The van der Waals surface area contributed by atoms with Crippen LogP contribution in [0.4, 0.5) is 5.69 Å². The van der Waals surface area contributed by atoms with Crippen molar-refractivity contribution in [2.24, 2.45) is 0 Å². The van der Waals surface area contributed by atoms with E-state index in [0.29, 0.717) is 22.4 Å². The van der Waals surface area contributed by atoms with Crippen molar-refractivity contribution in [3.8, 4) is 0 Å². The number of amides is 1. The second-order valence-electron chi connectivity index (χ2n) is 7.76. The lowest BCUT2D eigenvalue weighted by Crippen LogP contribution is -2.36. The zero-order chi connectivity index (χ0) is 22.0. The first-order valence-corrected chi connectivity index (χ1v) is 12.6. The molecule has 1 aliphatic heterocycles. The number of sulfonamides is 1. The van der Waals surface area contributed by atoms with Crippen molar-refractivity contribution in [3.05, 3.63) is 57.7 Å². The number of nitrogens with one attached hydrogen (secondary N) is 1. The zero-order valence-corrected chi connectivity index (χ0v) is 19.0. The fourth-order valence-corrected chi connectivity index (χ4v) is 6.01. The second kappa shape index (κ2) is 8.84. The van der Waals surface area contributed by atoms with Crippen LogP contribution >= 0.6 is 11.3 Å². The molecule has 31 heavy (non-hydrogen) atoms. The largest absolute Gasteiger partial charge is 0.343 e. The van der Waals surface area contributed by atoms with Gasteiger partial charge in [0, 0.05) is 26.1 Å². The molecule has 4 rings (SSSR count). The zero-order valence-electron chi connectivity index (χ0n) is 17.3. The molecule has 1 N–H and O–H groups in total. The first-order chi connectivity index (χ1) is 14.8. The molecule has 3 aromatic rings. The van der Waals surface area contributed by atoms with Gasteiger partial charge in [0.1, 0.15) is 0 Å². The summed E-state index contributed by atoms with van der Waals surface area (Å²) in [6, 6.07) is 11.8. The van der Waals surface area contributed by atoms with Gasteiger partial charge in [-0.25, -0.2) is 8.42 Å². The maximum atomic E-state index is 12.8. The van der Waals surface area contributed by atoms with Crippen LogP contribution in [0.3, 0.4) is 0 Å². The van der Waals surface area contributed by atoms with Gasteiger partial charge in [-0.15, -0.1) is 0 Å². The molecule has 1 fully saturated rings. The molecule has 2 heterocycles. The van der Waals surface area contributed by atoms with Gasteiger partial charge in [-0.3, -0.25) is 18.9 Å². The Morgan fingerprint density at radius 1 is 1.10 bits per heavy atom. The number of carbonyl (C=O) groups is 1. The third kappa shape index (κ3) is 4.67. The number of benzene rings is 2. The van der Waals surface area contributed by atoms with Crippen molar-refractivity contribution in [1.29, 1.82) is 0 Å². The first-order valence-electron chi connectivity index (χ1n) is 10.3. The molecule has 0 spiro atoms. The summed E-state index contributed by atoms with van der Waals surface area (Å²) in [5, 5.41) is 0. The Morgan fingerprint density at radius 3 is 2.58 bits per heavy atom. The number of carbonyl (C=O) groups excluding carboxylic acids is 1. The monoisotopic (exact) mass is 459 g/mol. The highest BCUT2D eigenvalue weighted by Gasteiger charge is 2.20. The van der Waals surface area contributed by atoms with Crippen molar-refractivity contribution in [1.82, 2.24) is 9.47 Å². The normalized spacial score (nSPS) is 14.7. The molecule has 0 radical (unpaired) electrons. The van der Waals surface area contributed by atoms with E-state index in [0.717, 1.165) is 49.3 Å².